The SMILES string of the molecule is NC(CCC(=O)O)C(=O)NC(Cc1ccc(O)cc1)C(=O)NCC(=O)NCC(=O)O. The fraction of sp³-hybridized carbons (Fsp3) is 0.389. The van der Waals surface area contributed by atoms with E-state index in [-0.39, 0.29) is 25.0 Å². The molecule has 3 amide bonds. The van der Waals surface area contributed by atoms with Gasteiger partial charge in [-0.2, -0.15) is 0 Å². The summed E-state index contributed by atoms with van der Waals surface area (Å²) in [4.78, 5) is 57.3. The van der Waals surface area contributed by atoms with E-state index in [1.54, 1.807) is 0 Å². The number of benzene rings is 1. The number of rotatable bonds is 12. The first kappa shape index (κ1) is 24.4. The number of nitrogens with two attached hydrogens (primary N) is 1. The molecule has 0 aromatic heterocycles. The molecule has 0 saturated heterocycles. The van der Waals surface area contributed by atoms with Crippen LogP contribution in [0, 0.1) is 0 Å². The molecule has 0 aliphatic carbocycles. The molecule has 12 heteroatoms. The van der Waals surface area contributed by atoms with E-state index < -0.39 is 54.8 Å². The zero-order valence-corrected chi connectivity index (χ0v) is 16.0. The summed E-state index contributed by atoms with van der Waals surface area (Å²) in [6.45, 7) is -1.13. The van der Waals surface area contributed by atoms with Gasteiger partial charge in [-0.15, -0.1) is 0 Å². The molecule has 1 aromatic carbocycles. The number of carboxylic acid groups (broad SMARTS) is 2. The molecule has 0 spiro atoms. The molecule has 2 unspecified atom stereocenters. The molecule has 0 heterocycles. The first-order valence-electron chi connectivity index (χ1n) is 8.90. The molecule has 0 aliphatic rings. The average Bonchev–Trinajstić information content (AvgIpc) is 2.69. The van der Waals surface area contributed by atoms with Crippen LogP contribution in [0.3, 0.4) is 0 Å². The number of phenolic OH excluding ortho intramolecular Hbond substituents is 1. The molecule has 1 rings (SSSR count). The van der Waals surface area contributed by atoms with Gasteiger partial charge in [-0.3, -0.25) is 24.0 Å². The second-order valence-corrected chi connectivity index (χ2v) is 6.36. The van der Waals surface area contributed by atoms with Gasteiger partial charge < -0.3 is 37.0 Å². The summed E-state index contributed by atoms with van der Waals surface area (Å²) in [6, 6.07) is 3.55. The van der Waals surface area contributed by atoms with Crippen LogP contribution in [0.2, 0.25) is 0 Å². The van der Waals surface area contributed by atoms with Crippen LogP contribution in [0.25, 0.3) is 0 Å². The summed E-state index contributed by atoms with van der Waals surface area (Å²) in [5, 5.41) is 33.4. The zero-order chi connectivity index (χ0) is 22.7. The van der Waals surface area contributed by atoms with E-state index in [2.05, 4.69) is 16.0 Å². The van der Waals surface area contributed by atoms with E-state index in [0.29, 0.717) is 5.56 Å². The molecule has 12 nitrogen and oxygen atoms in total. The Morgan fingerprint density at radius 2 is 1.53 bits per heavy atom. The van der Waals surface area contributed by atoms with Crippen molar-refractivity contribution in [1.29, 1.82) is 0 Å². The Kier molecular flexibility index (Phi) is 9.76. The zero-order valence-electron chi connectivity index (χ0n) is 16.0. The number of carboxylic acids is 2. The van der Waals surface area contributed by atoms with Crippen molar-refractivity contribution >= 4 is 29.7 Å². The highest BCUT2D eigenvalue weighted by Gasteiger charge is 2.25. The number of aromatic hydroxyl groups is 1. The maximum Gasteiger partial charge on any atom is 0.322 e. The molecule has 8 N–H and O–H groups in total. The molecule has 2 atom stereocenters. The highest BCUT2D eigenvalue weighted by molar-refractivity contribution is 5.92. The molecule has 164 valence electrons. The van der Waals surface area contributed by atoms with Crippen LogP contribution in [-0.2, 0) is 30.4 Å². The van der Waals surface area contributed by atoms with Gasteiger partial charge in [-0.1, -0.05) is 12.1 Å². The van der Waals surface area contributed by atoms with E-state index in [1.165, 1.54) is 24.3 Å². The Balaban J connectivity index is 2.78. The predicted octanol–water partition coefficient (Wildman–Crippen LogP) is -2.07. The van der Waals surface area contributed by atoms with E-state index >= 15 is 0 Å². The Labute approximate surface area is 171 Å². The Hall–Kier alpha value is -3.67. The number of nitrogens with one attached hydrogen (secondary N) is 3. The van der Waals surface area contributed by atoms with Gasteiger partial charge in [0.15, 0.2) is 0 Å². The van der Waals surface area contributed by atoms with Crippen molar-refractivity contribution in [3.8, 4) is 5.75 Å². The summed E-state index contributed by atoms with van der Waals surface area (Å²) < 4.78 is 0. The van der Waals surface area contributed by atoms with Crippen molar-refractivity contribution in [3.63, 3.8) is 0 Å². The molecule has 0 aliphatic heterocycles. The third kappa shape index (κ3) is 9.50. The average molecular weight is 424 g/mol. The molecular formula is C18H24N4O8. The smallest absolute Gasteiger partial charge is 0.322 e. The summed E-state index contributed by atoms with van der Waals surface area (Å²) in [5.74, 6) is -4.57. The maximum absolute atomic E-state index is 12.5. The molecule has 0 bridgehead atoms. The van der Waals surface area contributed by atoms with Crippen LogP contribution in [0.15, 0.2) is 24.3 Å². The number of hydrogen-bond donors (Lipinski definition) is 7. The number of carbonyl (C=O) groups is 5. The van der Waals surface area contributed by atoms with Gasteiger partial charge >= 0.3 is 11.9 Å². The third-order valence-corrected chi connectivity index (χ3v) is 3.88. The molecule has 30 heavy (non-hydrogen) atoms. The number of aliphatic carboxylic acids is 2. The standard InChI is InChI=1S/C18H24N4O8/c19-12(5-6-15(25)26)17(29)22-13(7-10-1-3-11(23)4-2-10)18(30)21-8-14(24)20-9-16(27)28/h1-4,12-13,23H,5-9,19H2,(H,20,24)(H,21,30)(H,22,29)(H,25,26)(H,27,28). The van der Waals surface area contributed by atoms with E-state index in [1.807, 2.05) is 0 Å². The van der Waals surface area contributed by atoms with Crippen molar-refractivity contribution in [2.24, 2.45) is 5.73 Å². The highest BCUT2D eigenvalue weighted by atomic mass is 16.4. The second kappa shape index (κ2) is 12.0. The lowest BCUT2D eigenvalue weighted by Crippen LogP contribution is -2.53. The van der Waals surface area contributed by atoms with E-state index in [9.17, 15) is 29.1 Å². The van der Waals surface area contributed by atoms with Crippen LogP contribution < -0.4 is 21.7 Å². The number of amides is 3. The van der Waals surface area contributed by atoms with Crippen LogP contribution >= 0.6 is 0 Å². The first-order valence-corrected chi connectivity index (χ1v) is 8.90. The number of hydrogen-bond acceptors (Lipinski definition) is 7. The predicted molar refractivity (Wildman–Crippen MR) is 102 cm³/mol. The molecule has 1 aromatic rings. The number of phenols is 1. The fourth-order valence-electron chi connectivity index (χ4n) is 2.29. The molecule has 0 fully saturated rings. The molecule has 0 radical (unpaired) electrons. The van der Waals surface area contributed by atoms with Crippen LogP contribution in [-0.4, -0.2) is 70.2 Å². The Morgan fingerprint density at radius 1 is 0.900 bits per heavy atom. The van der Waals surface area contributed by atoms with Gasteiger partial charge in [-0.25, -0.2) is 0 Å². The maximum atomic E-state index is 12.5. The summed E-state index contributed by atoms with van der Waals surface area (Å²) >= 11 is 0. The topological polar surface area (TPSA) is 208 Å². The van der Waals surface area contributed by atoms with Crippen molar-refractivity contribution < 1.29 is 39.3 Å². The van der Waals surface area contributed by atoms with Crippen molar-refractivity contribution in [2.75, 3.05) is 13.1 Å². The second-order valence-electron chi connectivity index (χ2n) is 6.36. The lowest BCUT2D eigenvalue weighted by Gasteiger charge is -2.20. The third-order valence-electron chi connectivity index (χ3n) is 3.88. The summed E-state index contributed by atoms with van der Waals surface area (Å²) in [7, 11) is 0. The number of carbonyl (C=O) groups excluding carboxylic acids is 3. The van der Waals surface area contributed by atoms with Crippen LogP contribution in [0.5, 0.6) is 5.75 Å². The largest absolute Gasteiger partial charge is 0.508 e. The first-order chi connectivity index (χ1) is 14.1. The van der Waals surface area contributed by atoms with E-state index in [4.69, 9.17) is 15.9 Å². The van der Waals surface area contributed by atoms with Crippen molar-refractivity contribution in [1.82, 2.24) is 16.0 Å². The van der Waals surface area contributed by atoms with Gasteiger partial charge in [0.1, 0.15) is 18.3 Å². The van der Waals surface area contributed by atoms with Crippen molar-refractivity contribution in [3.05, 3.63) is 29.8 Å². The minimum atomic E-state index is -1.25. The summed E-state index contributed by atoms with van der Waals surface area (Å²) in [5.41, 5.74) is 6.24. The van der Waals surface area contributed by atoms with Crippen LogP contribution in [0.4, 0.5) is 0 Å². The minimum Gasteiger partial charge on any atom is -0.508 e. The Morgan fingerprint density at radius 3 is 2.10 bits per heavy atom. The summed E-state index contributed by atoms with van der Waals surface area (Å²) in [6.07, 6.45) is -0.459. The monoisotopic (exact) mass is 424 g/mol. The van der Waals surface area contributed by atoms with Gasteiger partial charge in [0.2, 0.25) is 17.7 Å². The van der Waals surface area contributed by atoms with Gasteiger partial charge in [-0.05, 0) is 24.1 Å². The lowest BCUT2D eigenvalue weighted by molar-refractivity contribution is -0.138. The van der Waals surface area contributed by atoms with Gasteiger partial charge in [0.05, 0.1) is 12.6 Å². The quantitative estimate of drug-likeness (QED) is 0.196. The fourth-order valence-corrected chi connectivity index (χ4v) is 2.29. The Bertz CT molecular complexity index is 781. The highest BCUT2D eigenvalue weighted by Crippen LogP contribution is 2.11. The van der Waals surface area contributed by atoms with Crippen molar-refractivity contribution in [2.45, 2.75) is 31.3 Å². The molecule has 0 saturated carbocycles. The van der Waals surface area contributed by atoms with Gasteiger partial charge in [0.25, 0.3) is 0 Å². The van der Waals surface area contributed by atoms with Gasteiger partial charge in [0, 0.05) is 12.8 Å². The molecular weight excluding hydrogens is 400 g/mol. The minimum absolute atomic E-state index is 0.000247. The lowest BCUT2D eigenvalue weighted by atomic mass is 10.0. The van der Waals surface area contributed by atoms with E-state index in [0.717, 1.165) is 0 Å². The van der Waals surface area contributed by atoms with Crippen LogP contribution in [0.1, 0.15) is 18.4 Å². The normalized spacial score (nSPS) is 12.3.